The Morgan fingerprint density at radius 3 is 2.95 bits per heavy atom. The minimum Gasteiger partial charge on any atom is -0.494 e. The number of rotatable bonds is 3. The zero-order valence-electron chi connectivity index (χ0n) is 11.7. The Hall–Kier alpha value is -2.24. The summed E-state index contributed by atoms with van der Waals surface area (Å²) in [6.45, 7) is 3.88. The molecule has 1 atom stereocenters. The van der Waals surface area contributed by atoms with Gasteiger partial charge in [-0.2, -0.15) is 0 Å². The zero-order chi connectivity index (χ0) is 14.4. The van der Waals surface area contributed by atoms with Gasteiger partial charge in [0.25, 0.3) is 0 Å². The Balaban J connectivity index is 2.05. The summed E-state index contributed by atoms with van der Waals surface area (Å²) in [7, 11) is 1.32. The van der Waals surface area contributed by atoms with E-state index in [1.54, 1.807) is 0 Å². The highest BCUT2D eigenvalue weighted by molar-refractivity contribution is 5.94. The number of methoxy groups -OCH3 is 1. The molecule has 0 radical (unpaired) electrons. The highest BCUT2D eigenvalue weighted by Gasteiger charge is 2.20. The van der Waals surface area contributed by atoms with E-state index in [9.17, 15) is 4.79 Å². The fourth-order valence-electron chi connectivity index (χ4n) is 2.09. The van der Waals surface area contributed by atoms with Crippen LogP contribution in [-0.2, 0) is 4.74 Å². The van der Waals surface area contributed by atoms with E-state index in [-0.39, 0.29) is 5.92 Å². The van der Waals surface area contributed by atoms with E-state index in [4.69, 9.17) is 4.74 Å². The van der Waals surface area contributed by atoms with Crippen LogP contribution in [0.2, 0.25) is 0 Å². The van der Waals surface area contributed by atoms with Crippen LogP contribution in [0.25, 0.3) is 0 Å². The third-order valence-electron chi connectivity index (χ3n) is 3.05. The number of nitrogens with zero attached hydrogens (tertiary/aromatic N) is 1. The van der Waals surface area contributed by atoms with E-state index in [0.29, 0.717) is 25.7 Å². The number of hydrogen-bond acceptors (Lipinski definition) is 5. The summed E-state index contributed by atoms with van der Waals surface area (Å²) in [5.74, 6) is 1.56. The highest BCUT2D eigenvalue weighted by Crippen LogP contribution is 2.27. The first-order valence-corrected chi connectivity index (χ1v) is 6.59. The zero-order valence-corrected chi connectivity index (χ0v) is 11.7. The Labute approximate surface area is 118 Å². The van der Waals surface area contributed by atoms with Gasteiger partial charge in [-0.05, 0) is 13.0 Å². The van der Waals surface area contributed by atoms with Crippen molar-refractivity contribution in [3.8, 4) is 5.75 Å². The Bertz CT molecular complexity index is 502. The molecule has 0 fully saturated rings. The second-order valence-electron chi connectivity index (χ2n) is 4.35. The van der Waals surface area contributed by atoms with E-state index in [0.717, 1.165) is 11.3 Å². The van der Waals surface area contributed by atoms with Crippen LogP contribution in [0.1, 0.15) is 18.4 Å². The summed E-state index contributed by atoms with van der Waals surface area (Å²) in [5.41, 5.74) is 1.13. The van der Waals surface area contributed by atoms with Gasteiger partial charge in [0.05, 0.1) is 20.3 Å². The number of ether oxygens (including phenoxy) is 2. The second kappa shape index (κ2) is 6.79. The van der Waals surface area contributed by atoms with Crippen molar-refractivity contribution >= 4 is 12.1 Å². The molecule has 0 aromatic heterocycles. The van der Waals surface area contributed by atoms with Crippen molar-refractivity contribution < 1.29 is 14.3 Å². The van der Waals surface area contributed by atoms with E-state index in [1.165, 1.54) is 7.11 Å². The second-order valence-corrected chi connectivity index (χ2v) is 4.35. The van der Waals surface area contributed by atoms with Gasteiger partial charge in [-0.3, -0.25) is 10.3 Å². The monoisotopic (exact) mass is 277 g/mol. The number of alkyl carbamates (subject to hydrolysis) is 1. The summed E-state index contributed by atoms with van der Waals surface area (Å²) < 4.78 is 10.2. The van der Waals surface area contributed by atoms with Crippen molar-refractivity contribution in [1.29, 1.82) is 0 Å². The molecular weight excluding hydrogens is 258 g/mol. The van der Waals surface area contributed by atoms with Crippen molar-refractivity contribution in [2.75, 3.05) is 26.8 Å². The SMILES string of the molecule is CCOc1ccccc1C1CN=C(NC(=O)OC)NC1. The van der Waals surface area contributed by atoms with Crippen LogP contribution in [0, 0.1) is 0 Å². The first-order chi connectivity index (χ1) is 9.74. The van der Waals surface area contributed by atoms with Gasteiger partial charge in [0.2, 0.25) is 5.96 Å². The number of aliphatic imine (C=N–C) groups is 1. The van der Waals surface area contributed by atoms with Gasteiger partial charge < -0.3 is 14.8 Å². The maximum Gasteiger partial charge on any atom is 0.413 e. The van der Waals surface area contributed by atoms with E-state index >= 15 is 0 Å². The van der Waals surface area contributed by atoms with E-state index in [1.807, 2.05) is 31.2 Å². The maximum absolute atomic E-state index is 11.1. The van der Waals surface area contributed by atoms with Crippen LogP contribution < -0.4 is 15.4 Å². The summed E-state index contributed by atoms with van der Waals surface area (Å²) in [6, 6.07) is 7.96. The van der Waals surface area contributed by atoms with Gasteiger partial charge in [0, 0.05) is 18.0 Å². The van der Waals surface area contributed by atoms with Crippen LogP contribution in [0.3, 0.4) is 0 Å². The molecule has 1 unspecified atom stereocenters. The molecule has 0 bridgehead atoms. The smallest absolute Gasteiger partial charge is 0.413 e. The fourth-order valence-corrected chi connectivity index (χ4v) is 2.09. The standard InChI is InChI=1S/C14H19N3O3/c1-3-20-12-7-5-4-6-11(12)10-8-15-13(16-9-10)17-14(18)19-2/h4-7,10H,3,8-9H2,1-2H3,(H2,15,16,17,18). The third kappa shape index (κ3) is 3.40. The van der Waals surface area contributed by atoms with Crippen molar-refractivity contribution in [3.63, 3.8) is 0 Å². The first-order valence-electron chi connectivity index (χ1n) is 6.59. The largest absolute Gasteiger partial charge is 0.494 e. The summed E-state index contributed by atoms with van der Waals surface area (Å²) in [5, 5.41) is 5.61. The quantitative estimate of drug-likeness (QED) is 0.878. The Kier molecular flexibility index (Phi) is 4.81. The van der Waals surface area contributed by atoms with Gasteiger partial charge in [-0.1, -0.05) is 18.2 Å². The van der Waals surface area contributed by atoms with Gasteiger partial charge >= 0.3 is 6.09 Å². The van der Waals surface area contributed by atoms with Gasteiger partial charge in [0.15, 0.2) is 0 Å². The van der Waals surface area contributed by atoms with Crippen molar-refractivity contribution in [3.05, 3.63) is 29.8 Å². The molecule has 6 nitrogen and oxygen atoms in total. The minimum atomic E-state index is -0.524. The molecule has 0 spiro atoms. The number of hydrogen-bond donors (Lipinski definition) is 2. The number of nitrogens with one attached hydrogen (secondary N) is 2. The molecule has 1 aromatic rings. The van der Waals surface area contributed by atoms with E-state index < -0.39 is 6.09 Å². The number of guanidine groups is 1. The molecule has 1 aliphatic heterocycles. The molecule has 2 rings (SSSR count). The number of amides is 1. The average Bonchev–Trinajstić information content (AvgIpc) is 2.49. The summed E-state index contributed by atoms with van der Waals surface area (Å²) in [6.07, 6.45) is -0.524. The van der Waals surface area contributed by atoms with Crippen molar-refractivity contribution in [2.24, 2.45) is 4.99 Å². The predicted molar refractivity (Wildman–Crippen MR) is 76.2 cm³/mol. The summed E-state index contributed by atoms with van der Waals surface area (Å²) in [4.78, 5) is 15.4. The predicted octanol–water partition coefficient (Wildman–Crippen LogP) is 1.48. The molecule has 1 amide bonds. The highest BCUT2D eigenvalue weighted by atomic mass is 16.5. The van der Waals surface area contributed by atoms with E-state index in [2.05, 4.69) is 20.4 Å². The van der Waals surface area contributed by atoms with Crippen LogP contribution in [-0.4, -0.2) is 38.9 Å². The lowest BCUT2D eigenvalue weighted by molar-refractivity contribution is 0.176. The molecule has 0 saturated heterocycles. The lowest BCUT2D eigenvalue weighted by Crippen LogP contribution is -2.45. The number of carbonyl (C=O) groups is 1. The molecule has 108 valence electrons. The normalized spacial score (nSPS) is 17.7. The third-order valence-corrected chi connectivity index (χ3v) is 3.05. The van der Waals surface area contributed by atoms with Crippen LogP contribution in [0.15, 0.2) is 29.3 Å². The molecule has 6 heteroatoms. The molecule has 1 aliphatic rings. The fraction of sp³-hybridized carbons (Fsp3) is 0.429. The average molecular weight is 277 g/mol. The number of carbonyl (C=O) groups excluding carboxylic acids is 1. The molecular formula is C14H19N3O3. The molecule has 20 heavy (non-hydrogen) atoms. The molecule has 2 N–H and O–H groups in total. The number of benzene rings is 1. The van der Waals surface area contributed by atoms with Crippen molar-refractivity contribution in [2.45, 2.75) is 12.8 Å². The van der Waals surface area contributed by atoms with Crippen LogP contribution in [0.4, 0.5) is 4.79 Å². The first kappa shape index (κ1) is 14.2. The molecule has 0 saturated carbocycles. The molecule has 0 aliphatic carbocycles. The van der Waals surface area contributed by atoms with Crippen LogP contribution >= 0.6 is 0 Å². The Morgan fingerprint density at radius 1 is 1.50 bits per heavy atom. The minimum absolute atomic E-state index is 0.223. The topological polar surface area (TPSA) is 72.0 Å². The van der Waals surface area contributed by atoms with Gasteiger partial charge in [-0.25, -0.2) is 4.79 Å². The molecule has 1 heterocycles. The maximum atomic E-state index is 11.1. The van der Waals surface area contributed by atoms with Gasteiger partial charge in [-0.15, -0.1) is 0 Å². The Morgan fingerprint density at radius 2 is 2.30 bits per heavy atom. The van der Waals surface area contributed by atoms with Crippen molar-refractivity contribution in [1.82, 2.24) is 10.6 Å². The number of para-hydroxylation sites is 1. The lowest BCUT2D eigenvalue weighted by atomic mass is 9.97. The molecule has 1 aromatic carbocycles. The van der Waals surface area contributed by atoms with Gasteiger partial charge in [0.1, 0.15) is 5.75 Å². The summed E-state index contributed by atoms with van der Waals surface area (Å²) >= 11 is 0. The van der Waals surface area contributed by atoms with Crippen LogP contribution in [0.5, 0.6) is 5.75 Å². The lowest BCUT2D eigenvalue weighted by Gasteiger charge is -2.24.